The number of thiocarbonyl (C=S) groups is 1. The number of thiol groups is 2. The molecular formula is C71H128N21O15PS3W4-2. The molecule has 0 radical (unpaired) electrons. The Kier molecular flexibility index (Phi) is 86.1. The van der Waals surface area contributed by atoms with E-state index in [1.54, 1.807) is 76.2 Å². The number of unbranched alkanes of at least 4 members (excludes halogenated alkanes) is 4. The van der Waals surface area contributed by atoms with Crippen molar-refractivity contribution < 1.29 is 156 Å². The smallest absolute Gasteiger partial charge is 0.244 e. The first kappa shape index (κ1) is 123. The first-order chi connectivity index (χ1) is 52.9. The standard InChI is InChI=1S/C23H36N4O4S.C17H32N5O4S.C17H32N5O4.C14H28N7O3PS.4W/c1-4-21(29)26-19(14-17-10-6-5-7-11-17)23(31)27-20(15-32)22(30)25-13-9-8-12-18(24-3)16(2)28;1-12(23)13(19-2)6-3-4-9-20-16(25)10-21-17(26)14(11-27)22-15(24)7-5-8-18;1-4-7-15(24)21-11-16(25)22-14(10-18)17(26)20-9-6-5-8-13(19-3)12(2)23;1-9(22)10(16-2)5-3-4-6-17-13(24)11(7-15)19-12(23)8-18-20-14(26)21-25;;;;/h5-7,10-11,18-20,24,32H,4,8-9,12-15H2,1-3H3,(H,25,30)(H,26,29)(H,27,31);8,13-14,19,27H,3-7,9-11,18H2,1-2H3,(H,20,25)(H,21,26)(H,22,24);4,13-14,19H,5-11,18H2,1-3H3,(H,20,26)(H,21,24)(H,22,25);10-11,16H,3-8,15,25H2,1-2H3,(H,17,24)(H,19,23)(H,21,26);;;;/q;2*-1;;;;;. The van der Waals surface area contributed by atoms with Crippen molar-refractivity contribution in [2.24, 2.45) is 27.4 Å². The summed E-state index contributed by atoms with van der Waals surface area (Å²) in [6.45, 7) is 12.1. The monoisotopic (exact) mass is 2380 g/mol. The third-order valence-corrected chi connectivity index (χ3v) is 17.6. The van der Waals surface area contributed by atoms with Gasteiger partial charge in [0.2, 0.25) is 64.2 Å². The summed E-state index contributed by atoms with van der Waals surface area (Å²) < 4.78 is 0. The van der Waals surface area contributed by atoms with Gasteiger partial charge in [-0.05, 0) is 160 Å². The quantitative estimate of drug-likeness (QED) is 0.00801. The summed E-state index contributed by atoms with van der Waals surface area (Å²) in [7, 11) is 9.14. The summed E-state index contributed by atoms with van der Waals surface area (Å²) in [6, 6.07) is 4.62. The SMILES string of the molecule is CCC(=O)NC(Cc1ccccc1)C(=O)NC(CS)C(=O)NCCCCC(NC)C(C)=O.CNC(CCCCNC(=O)C(CN)NC(=O)CN=NC(=S)NP)C(C)=O.CNC(CCCCNC(=O)CNC(=O)C(CS)NC(=O)CC[CH-]N)C(C)=O.C[CH-]CC(=O)NCC(=O)NC(CN)C(=O)NCCCCC(NC)C(C)=O.[W].[W].[W].[W]. The third kappa shape index (κ3) is 65.7. The number of nitrogens with one attached hydrogen (secondary N) is 16. The minimum absolute atomic E-state index is 0. The molecule has 0 saturated heterocycles. The maximum atomic E-state index is 12.8. The molecule has 36 nitrogen and oxygen atoms in total. The Morgan fingerprint density at radius 3 is 1.21 bits per heavy atom. The van der Waals surface area contributed by atoms with Gasteiger partial charge in [-0.25, -0.2) is 0 Å². The molecule has 0 heterocycles. The third-order valence-electron chi connectivity index (χ3n) is 16.2. The minimum Gasteiger partial charge on any atom is -0.483 e. The van der Waals surface area contributed by atoms with E-state index in [0.29, 0.717) is 77.5 Å². The van der Waals surface area contributed by atoms with Gasteiger partial charge in [0.1, 0.15) is 59.9 Å². The van der Waals surface area contributed by atoms with Gasteiger partial charge in [-0.3, -0.25) is 78.5 Å². The summed E-state index contributed by atoms with van der Waals surface area (Å²) in [6.07, 6.45) is 11.9. The zero-order chi connectivity index (χ0) is 84.5. The summed E-state index contributed by atoms with van der Waals surface area (Å²) in [5.74, 6) is -3.42. The van der Waals surface area contributed by atoms with Crippen molar-refractivity contribution in [1.82, 2.24) is 84.8 Å². The fourth-order valence-corrected chi connectivity index (χ4v) is 10.4. The zero-order valence-corrected chi connectivity index (χ0v) is 83.3. The molecule has 1 rings (SSSR count). The predicted octanol–water partition coefficient (Wildman–Crippen LogP) is -2.49. The molecule has 22 N–H and O–H groups in total. The van der Waals surface area contributed by atoms with Gasteiger partial charge in [-0.2, -0.15) is 43.7 Å². The Bertz CT molecular complexity index is 3020. The number of ketones is 4. The van der Waals surface area contributed by atoms with Crippen LogP contribution in [0.5, 0.6) is 0 Å². The number of rotatable bonds is 56. The van der Waals surface area contributed by atoms with Crippen LogP contribution in [0.4, 0.5) is 0 Å². The van der Waals surface area contributed by atoms with Crippen LogP contribution < -0.4 is 102 Å². The van der Waals surface area contributed by atoms with Gasteiger partial charge in [0, 0.05) is 154 Å². The van der Waals surface area contributed by atoms with Crippen molar-refractivity contribution >= 4 is 140 Å². The van der Waals surface area contributed by atoms with E-state index < -0.39 is 53.8 Å². The van der Waals surface area contributed by atoms with Crippen LogP contribution in [0, 0.1) is 13.0 Å². The van der Waals surface area contributed by atoms with Crippen LogP contribution in [0.3, 0.4) is 0 Å². The summed E-state index contributed by atoms with van der Waals surface area (Å²) in [4.78, 5) is 177. The Hall–Kier alpha value is -4.84. The van der Waals surface area contributed by atoms with Crippen LogP contribution in [0.1, 0.15) is 150 Å². The van der Waals surface area contributed by atoms with Crippen molar-refractivity contribution in [3.05, 3.63) is 48.9 Å². The van der Waals surface area contributed by atoms with Gasteiger partial charge in [-0.1, -0.05) is 43.7 Å². The van der Waals surface area contributed by atoms with Crippen LogP contribution in [0.15, 0.2) is 40.6 Å². The first-order valence-corrected chi connectivity index (χ1v) is 39.3. The summed E-state index contributed by atoms with van der Waals surface area (Å²) in [5, 5.41) is 50.4. The molecule has 0 fully saturated rings. The average Bonchev–Trinajstić information content (AvgIpc) is 0.873. The molecule has 0 spiro atoms. The summed E-state index contributed by atoms with van der Waals surface area (Å²) >= 11 is 13.0. The van der Waals surface area contributed by atoms with Crippen LogP contribution in [0.25, 0.3) is 0 Å². The molecule has 0 aromatic heterocycles. The van der Waals surface area contributed by atoms with Crippen molar-refractivity contribution in [1.29, 1.82) is 0 Å². The van der Waals surface area contributed by atoms with Crippen LogP contribution in [0.2, 0.25) is 0 Å². The Labute approximate surface area is 754 Å². The molecule has 0 aliphatic heterocycles. The van der Waals surface area contributed by atoms with Gasteiger partial charge in [0.05, 0.1) is 37.3 Å². The molecule has 115 heavy (non-hydrogen) atoms. The molecule has 44 heteroatoms. The average molecular weight is 2380 g/mol. The number of nitrogens with zero attached hydrogens (tertiary/aromatic N) is 2. The Morgan fingerprint density at radius 1 is 0.461 bits per heavy atom. The molecule has 0 aliphatic carbocycles. The second kappa shape index (κ2) is 80.2. The normalized spacial score (nSPS) is 12.6. The molecule has 1 aromatic carbocycles. The maximum absolute atomic E-state index is 12.8. The van der Waals surface area contributed by atoms with E-state index >= 15 is 0 Å². The molecular weight excluding hydrogens is 2250 g/mol. The fraction of sp³-hybridized carbons (Fsp3) is 0.662. The van der Waals surface area contributed by atoms with E-state index in [9.17, 15) is 71.9 Å². The van der Waals surface area contributed by atoms with Crippen molar-refractivity contribution in [3.63, 3.8) is 0 Å². The zero-order valence-electron chi connectivity index (χ0n) is 67.8. The van der Waals surface area contributed by atoms with Crippen LogP contribution in [-0.4, -0.2) is 246 Å². The number of likely N-dealkylation sites (N-methyl/N-ethyl adjacent to an activating group) is 4. The van der Waals surface area contributed by atoms with E-state index in [2.05, 4.69) is 130 Å². The fourth-order valence-electron chi connectivity index (χ4n) is 9.76. The van der Waals surface area contributed by atoms with Gasteiger partial charge in [0.15, 0.2) is 5.91 Å². The van der Waals surface area contributed by atoms with E-state index in [-0.39, 0.29) is 242 Å². The van der Waals surface area contributed by atoms with Crippen molar-refractivity contribution in [2.75, 3.05) is 98.6 Å². The maximum Gasteiger partial charge on any atom is 0.244 e. The Morgan fingerprint density at radius 2 is 0.835 bits per heavy atom. The van der Waals surface area contributed by atoms with Gasteiger partial charge in [0.25, 0.3) is 0 Å². The number of carbonyl (C=O) groups is 15. The second-order valence-electron chi connectivity index (χ2n) is 25.2. The number of carbonyl (C=O) groups excluding carboxylic acids is 15. The van der Waals surface area contributed by atoms with Gasteiger partial charge >= 0.3 is 0 Å². The van der Waals surface area contributed by atoms with Gasteiger partial charge in [-0.15, -0.1) is 5.11 Å². The first-order valence-electron chi connectivity index (χ1n) is 37.1. The molecule has 656 valence electrons. The summed E-state index contributed by atoms with van der Waals surface area (Å²) in [5.41, 5.74) is 17.2. The number of amides is 11. The van der Waals surface area contributed by atoms with Gasteiger partial charge < -0.3 is 108 Å². The largest absolute Gasteiger partial charge is 0.483 e. The minimum atomic E-state index is -0.848. The van der Waals surface area contributed by atoms with Crippen molar-refractivity contribution in [2.45, 2.75) is 205 Å². The molecule has 10 atom stereocenters. The molecule has 0 saturated carbocycles. The van der Waals surface area contributed by atoms with Crippen LogP contribution >= 0.6 is 46.9 Å². The number of benzene rings is 1. The number of Topliss-reactive ketones (excluding diaryl/α,β-unsaturated/α-hetero) is 4. The molecule has 0 aliphatic rings. The number of nitrogens with two attached hydrogens (primary N) is 3. The van der Waals surface area contributed by atoms with Crippen LogP contribution in [-0.2, 0) is 163 Å². The van der Waals surface area contributed by atoms with Crippen molar-refractivity contribution in [3.8, 4) is 0 Å². The number of hydrogen-bond donors (Lipinski definition) is 21. The second-order valence-corrected chi connectivity index (χ2v) is 26.6. The topological polar surface area (TPSA) is 551 Å². The molecule has 1 aromatic rings. The Balaban J connectivity index is -0.000000268. The molecule has 0 bridgehead atoms. The predicted molar refractivity (Wildman–Crippen MR) is 441 cm³/mol. The van der Waals surface area contributed by atoms with E-state index in [1.807, 2.05) is 30.3 Å². The van der Waals surface area contributed by atoms with E-state index in [4.69, 9.17) is 29.4 Å². The van der Waals surface area contributed by atoms with E-state index in [1.165, 1.54) is 6.54 Å². The van der Waals surface area contributed by atoms with E-state index in [0.717, 1.165) is 44.1 Å². The number of azo groups is 1. The number of hydrogen-bond acceptors (Lipinski definition) is 26. The molecule has 11 amide bonds. The molecule has 10 unspecified atom stereocenters.